The van der Waals surface area contributed by atoms with Gasteiger partial charge in [-0.2, -0.15) is 0 Å². The van der Waals surface area contributed by atoms with Gasteiger partial charge in [-0.05, 0) is 6.92 Å². The van der Waals surface area contributed by atoms with Crippen molar-refractivity contribution in [2.75, 3.05) is 0 Å². The number of hydrogen-bond acceptors (Lipinski definition) is 4. The molecule has 0 heterocycles. The molecule has 4 heteroatoms. The summed E-state index contributed by atoms with van der Waals surface area (Å²) < 4.78 is 0. The molecule has 0 spiro atoms. The standard InChI is InChI=1S/C7H9NO3/c1-4-7(10)11-8-5(2)6(3)9/h4H,1H2,2-3H3. The minimum absolute atomic E-state index is 0.153. The summed E-state index contributed by atoms with van der Waals surface area (Å²) >= 11 is 0. The topological polar surface area (TPSA) is 55.7 Å². The van der Waals surface area contributed by atoms with Gasteiger partial charge in [-0.25, -0.2) is 4.79 Å². The molecule has 0 saturated carbocycles. The van der Waals surface area contributed by atoms with Crippen LogP contribution in [0.3, 0.4) is 0 Å². The molecule has 11 heavy (non-hydrogen) atoms. The smallest absolute Gasteiger partial charge is 0.313 e. The van der Waals surface area contributed by atoms with Crippen LogP contribution in [0.2, 0.25) is 0 Å². The van der Waals surface area contributed by atoms with E-state index >= 15 is 0 Å². The van der Waals surface area contributed by atoms with Crippen molar-refractivity contribution >= 4 is 17.5 Å². The predicted octanol–water partition coefficient (Wildman–Crippen LogP) is 0.680. The van der Waals surface area contributed by atoms with Gasteiger partial charge in [-0.3, -0.25) is 4.79 Å². The van der Waals surface area contributed by atoms with Crippen LogP contribution in [0.15, 0.2) is 17.8 Å². The average Bonchev–Trinajstić information content (AvgIpc) is 1.99. The van der Waals surface area contributed by atoms with E-state index < -0.39 is 5.97 Å². The predicted molar refractivity (Wildman–Crippen MR) is 40.1 cm³/mol. The van der Waals surface area contributed by atoms with Crippen LogP contribution in [0.4, 0.5) is 0 Å². The number of hydrogen-bond donors (Lipinski definition) is 0. The molecular formula is C7H9NO3. The lowest BCUT2D eigenvalue weighted by molar-refractivity contribution is -0.137. The van der Waals surface area contributed by atoms with Crippen molar-refractivity contribution in [3.8, 4) is 0 Å². The average molecular weight is 155 g/mol. The van der Waals surface area contributed by atoms with E-state index in [1.807, 2.05) is 0 Å². The molecule has 0 saturated heterocycles. The van der Waals surface area contributed by atoms with E-state index in [1.54, 1.807) is 0 Å². The second kappa shape index (κ2) is 4.38. The zero-order valence-electron chi connectivity index (χ0n) is 6.46. The first kappa shape index (κ1) is 9.55. The molecule has 0 aromatic heterocycles. The van der Waals surface area contributed by atoms with Crippen molar-refractivity contribution in [2.24, 2.45) is 5.16 Å². The Bertz CT molecular complexity index is 218. The third-order valence-electron chi connectivity index (χ3n) is 0.949. The van der Waals surface area contributed by atoms with Gasteiger partial charge in [0.25, 0.3) is 0 Å². The molecule has 0 aliphatic carbocycles. The van der Waals surface area contributed by atoms with E-state index in [1.165, 1.54) is 13.8 Å². The Labute approximate surface area is 64.5 Å². The van der Waals surface area contributed by atoms with Gasteiger partial charge >= 0.3 is 5.97 Å². The van der Waals surface area contributed by atoms with Crippen LogP contribution >= 0.6 is 0 Å². The van der Waals surface area contributed by atoms with Crippen molar-refractivity contribution in [3.05, 3.63) is 12.7 Å². The number of oxime groups is 1. The Balaban J connectivity index is 4.02. The normalized spacial score (nSPS) is 10.5. The maximum Gasteiger partial charge on any atom is 0.358 e. The first-order valence-electron chi connectivity index (χ1n) is 2.97. The van der Waals surface area contributed by atoms with Crippen LogP contribution in [-0.2, 0) is 14.4 Å². The molecule has 0 rings (SSSR count). The van der Waals surface area contributed by atoms with Crippen LogP contribution in [0.1, 0.15) is 13.8 Å². The molecule has 0 amide bonds. The van der Waals surface area contributed by atoms with Crippen molar-refractivity contribution in [1.29, 1.82) is 0 Å². The third kappa shape index (κ3) is 4.02. The van der Waals surface area contributed by atoms with Crippen molar-refractivity contribution < 1.29 is 14.4 Å². The van der Waals surface area contributed by atoms with E-state index in [0.29, 0.717) is 0 Å². The van der Waals surface area contributed by atoms with Crippen LogP contribution in [-0.4, -0.2) is 17.5 Å². The number of carbonyl (C=O) groups is 2. The summed E-state index contributed by atoms with van der Waals surface area (Å²) in [5, 5.41) is 3.24. The van der Waals surface area contributed by atoms with Gasteiger partial charge < -0.3 is 4.84 Å². The molecular weight excluding hydrogens is 146 g/mol. The lowest BCUT2D eigenvalue weighted by Gasteiger charge is -1.92. The summed E-state index contributed by atoms with van der Waals surface area (Å²) in [7, 11) is 0. The Morgan fingerprint density at radius 3 is 2.36 bits per heavy atom. The Hall–Kier alpha value is -1.45. The van der Waals surface area contributed by atoms with E-state index in [-0.39, 0.29) is 11.5 Å². The highest BCUT2D eigenvalue weighted by Crippen LogP contribution is 1.84. The molecule has 0 fully saturated rings. The minimum Gasteiger partial charge on any atom is -0.313 e. The highest BCUT2D eigenvalue weighted by molar-refractivity contribution is 6.37. The monoisotopic (exact) mass is 155 g/mol. The molecule has 0 unspecified atom stereocenters. The van der Waals surface area contributed by atoms with E-state index in [4.69, 9.17) is 0 Å². The molecule has 0 aliphatic heterocycles. The lowest BCUT2D eigenvalue weighted by Crippen LogP contribution is -2.06. The van der Waals surface area contributed by atoms with Gasteiger partial charge in [0.05, 0.1) is 0 Å². The molecule has 0 aromatic carbocycles. The second-order valence-corrected chi connectivity index (χ2v) is 1.85. The molecule has 4 nitrogen and oxygen atoms in total. The van der Waals surface area contributed by atoms with Crippen LogP contribution in [0, 0.1) is 0 Å². The molecule has 0 atom stereocenters. The van der Waals surface area contributed by atoms with Crippen LogP contribution < -0.4 is 0 Å². The second-order valence-electron chi connectivity index (χ2n) is 1.85. The fraction of sp³-hybridized carbons (Fsp3) is 0.286. The van der Waals surface area contributed by atoms with E-state index in [9.17, 15) is 9.59 Å². The number of ketones is 1. The highest BCUT2D eigenvalue weighted by Gasteiger charge is 1.99. The first-order chi connectivity index (χ1) is 5.07. The largest absolute Gasteiger partial charge is 0.358 e. The van der Waals surface area contributed by atoms with Crippen molar-refractivity contribution in [1.82, 2.24) is 0 Å². The van der Waals surface area contributed by atoms with Crippen LogP contribution in [0.5, 0.6) is 0 Å². The van der Waals surface area contributed by atoms with E-state index in [0.717, 1.165) is 6.08 Å². The Morgan fingerprint density at radius 2 is 2.00 bits per heavy atom. The zero-order valence-corrected chi connectivity index (χ0v) is 6.46. The van der Waals surface area contributed by atoms with Crippen LogP contribution in [0.25, 0.3) is 0 Å². The summed E-state index contributed by atoms with van der Waals surface area (Å²) in [6.45, 7) is 5.95. The summed E-state index contributed by atoms with van der Waals surface area (Å²) in [5.74, 6) is -0.910. The molecule has 0 N–H and O–H groups in total. The maximum atomic E-state index is 10.5. The van der Waals surface area contributed by atoms with Gasteiger partial charge in [0.15, 0.2) is 5.78 Å². The van der Waals surface area contributed by atoms with Gasteiger partial charge in [-0.15, -0.1) is 0 Å². The first-order valence-corrected chi connectivity index (χ1v) is 2.97. The molecule has 60 valence electrons. The zero-order chi connectivity index (χ0) is 8.85. The molecule has 0 bridgehead atoms. The number of Topliss-reactive ketones (excluding diaryl/α,β-unsaturated/α-hetero) is 1. The van der Waals surface area contributed by atoms with Gasteiger partial charge in [-0.1, -0.05) is 11.7 Å². The van der Waals surface area contributed by atoms with E-state index in [2.05, 4.69) is 16.6 Å². The van der Waals surface area contributed by atoms with Crippen molar-refractivity contribution in [3.63, 3.8) is 0 Å². The Morgan fingerprint density at radius 1 is 1.45 bits per heavy atom. The summed E-state index contributed by atoms with van der Waals surface area (Å²) in [6.07, 6.45) is 0.969. The molecule has 0 aliphatic rings. The number of nitrogens with zero attached hydrogens (tertiary/aromatic N) is 1. The summed E-state index contributed by atoms with van der Waals surface area (Å²) in [5.41, 5.74) is 0.153. The van der Waals surface area contributed by atoms with Crippen molar-refractivity contribution in [2.45, 2.75) is 13.8 Å². The number of rotatable bonds is 3. The van der Waals surface area contributed by atoms with Gasteiger partial charge in [0, 0.05) is 13.0 Å². The summed E-state index contributed by atoms with van der Waals surface area (Å²) in [4.78, 5) is 25.1. The SMILES string of the molecule is C=CC(=O)ON=C(C)C(C)=O. The maximum absolute atomic E-state index is 10.5. The fourth-order valence-electron chi connectivity index (χ4n) is 0.215. The quantitative estimate of drug-likeness (QED) is 0.260. The Kier molecular flexibility index (Phi) is 3.80. The highest BCUT2D eigenvalue weighted by atomic mass is 16.7. The third-order valence-corrected chi connectivity index (χ3v) is 0.949. The lowest BCUT2D eigenvalue weighted by atomic mass is 10.3. The number of carbonyl (C=O) groups excluding carboxylic acids is 2. The van der Waals surface area contributed by atoms with Gasteiger partial charge in [0.1, 0.15) is 5.71 Å². The summed E-state index contributed by atoms with van der Waals surface area (Å²) in [6, 6.07) is 0. The molecule has 0 radical (unpaired) electrons. The molecule has 0 aromatic rings. The van der Waals surface area contributed by atoms with Gasteiger partial charge in [0.2, 0.25) is 0 Å². The minimum atomic E-state index is -0.675. The fourth-order valence-corrected chi connectivity index (χ4v) is 0.215.